The van der Waals surface area contributed by atoms with Crippen LogP contribution in [0.15, 0.2) is 30.3 Å². The molecule has 0 fully saturated rings. The highest BCUT2D eigenvalue weighted by Gasteiger charge is 2.46. The standard InChI is InChI=1S/C24H31NO3/c1-6-24(7-2)14-19-13-17(9-10-20(19)22(24)28-23(25)26)18-11-15(4)21(27-8-3)16(5)12-18/h9-13,22H,6-8,14H2,1-5H3,(H2,25,26). The van der Waals surface area contributed by atoms with Gasteiger partial charge in [0, 0.05) is 5.41 Å². The molecule has 150 valence electrons. The molecule has 0 aromatic heterocycles. The summed E-state index contributed by atoms with van der Waals surface area (Å²) in [7, 11) is 0. The first-order valence-corrected chi connectivity index (χ1v) is 10.2. The van der Waals surface area contributed by atoms with E-state index in [4.69, 9.17) is 15.2 Å². The third kappa shape index (κ3) is 3.48. The van der Waals surface area contributed by atoms with Crippen molar-refractivity contribution in [3.63, 3.8) is 0 Å². The zero-order valence-electron chi connectivity index (χ0n) is 17.6. The number of hydrogen-bond acceptors (Lipinski definition) is 3. The Morgan fingerprint density at radius 1 is 1.07 bits per heavy atom. The van der Waals surface area contributed by atoms with E-state index in [2.05, 4.69) is 58.0 Å². The van der Waals surface area contributed by atoms with E-state index in [0.29, 0.717) is 6.61 Å². The van der Waals surface area contributed by atoms with Crippen LogP contribution in [0.2, 0.25) is 0 Å². The fourth-order valence-electron chi connectivity index (χ4n) is 4.66. The van der Waals surface area contributed by atoms with Crippen molar-refractivity contribution < 1.29 is 14.3 Å². The van der Waals surface area contributed by atoms with E-state index in [9.17, 15) is 4.79 Å². The molecule has 0 saturated carbocycles. The molecule has 2 aromatic carbocycles. The summed E-state index contributed by atoms with van der Waals surface area (Å²) in [6, 6.07) is 10.8. The highest BCUT2D eigenvalue weighted by atomic mass is 16.6. The Balaban J connectivity index is 2.03. The van der Waals surface area contributed by atoms with Crippen molar-refractivity contribution in [1.82, 2.24) is 0 Å². The number of amides is 1. The zero-order chi connectivity index (χ0) is 20.5. The lowest BCUT2D eigenvalue weighted by Crippen LogP contribution is -2.30. The smallest absolute Gasteiger partial charge is 0.405 e. The second-order valence-corrected chi connectivity index (χ2v) is 7.85. The highest BCUT2D eigenvalue weighted by molar-refractivity contribution is 5.70. The Hall–Kier alpha value is -2.49. The maximum atomic E-state index is 11.5. The maximum absolute atomic E-state index is 11.5. The SMILES string of the molecule is CCOc1c(C)cc(-c2ccc3c(c2)CC(CC)(CC)C3OC(N)=O)cc1C. The van der Waals surface area contributed by atoms with Gasteiger partial charge >= 0.3 is 6.09 Å². The molecule has 0 bridgehead atoms. The topological polar surface area (TPSA) is 61.6 Å². The largest absolute Gasteiger partial charge is 0.493 e. The Labute approximate surface area is 168 Å². The van der Waals surface area contributed by atoms with Gasteiger partial charge in [-0.1, -0.05) is 32.0 Å². The number of primary amides is 1. The summed E-state index contributed by atoms with van der Waals surface area (Å²) in [6.07, 6.45) is 1.80. The Kier molecular flexibility index (Phi) is 5.69. The van der Waals surface area contributed by atoms with Crippen LogP contribution in [0.5, 0.6) is 5.75 Å². The van der Waals surface area contributed by atoms with Gasteiger partial charge in [-0.15, -0.1) is 0 Å². The van der Waals surface area contributed by atoms with E-state index < -0.39 is 6.09 Å². The van der Waals surface area contributed by atoms with Crippen LogP contribution < -0.4 is 10.5 Å². The molecule has 28 heavy (non-hydrogen) atoms. The molecule has 4 heteroatoms. The second kappa shape index (κ2) is 7.86. The molecule has 4 nitrogen and oxygen atoms in total. The molecular weight excluding hydrogens is 350 g/mol. The minimum atomic E-state index is -0.703. The molecule has 0 spiro atoms. The first-order chi connectivity index (χ1) is 13.3. The molecule has 0 radical (unpaired) electrons. The normalized spacial score (nSPS) is 17.2. The van der Waals surface area contributed by atoms with E-state index in [1.807, 2.05) is 6.92 Å². The number of benzene rings is 2. The molecule has 2 aromatic rings. The average molecular weight is 382 g/mol. The fourth-order valence-corrected chi connectivity index (χ4v) is 4.66. The van der Waals surface area contributed by atoms with E-state index in [1.54, 1.807) is 0 Å². The van der Waals surface area contributed by atoms with Gasteiger partial charge in [-0.25, -0.2) is 4.79 Å². The summed E-state index contributed by atoms with van der Waals surface area (Å²) in [5.74, 6) is 0.971. The van der Waals surface area contributed by atoms with Crippen molar-refractivity contribution >= 4 is 6.09 Å². The first-order valence-electron chi connectivity index (χ1n) is 10.2. The van der Waals surface area contributed by atoms with E-state index in [1.165, 1.54) is 16.7 Å². The first kappa shape index (κ1) is 20.2. The minimum absolute atomic E-state index is 0.0827. The second-order valence-electron chi connectivity index (χ2n) is 7.85. The minimum Gasteiger partial charge on any atom is -0.493 e. The molecule has 0 saturated heterocycles. The Morgan fingerprint density at radius 2 is 1.71 bits per heavy atom. The number of carbonyl (C=O) groups is 1. The van der Waals surface area contributed by atoms with Gasteiger partial charge in [0.25, 0.3) is 0 Å². The van der Waals surface area contributed by atoms with E-state index in [-0.39, 0.29) is 11.5 Å². The lowest BCUT2D eigenvalue weighted by Gasteiger charge is -2.32. The molecule has 1 aliphatic rings. The van der Waals surface area contributed by atoms with Gasteiger partial charge in [0.15, 0.2) is 0 Å². The van der Waals surface area contributed by atoms with Crippen LogP contribution >= 0.6 is 0 Å². The predicted molar refractivity (Wildman–Crippen MR) is 113 cm³/mol. The van der Waals surface area contributed by atoms with Crippen LogP contribution in [0.25, 0.3) is 11.1 Å². The van der Waals surface area contributed by atoms with Crippen molar-refractivity contribution in [3.05, 3.63) is 52.6 Å². The number of rotatable bonds is 6. The molecule has 1 amide bonds. The monoisotopic (exact) mass is 381 g/mol. The van der Waals surface area contributed by atoms with E-state index in [0.717, 1.165) is 41.7 Å². The van der Waals surface area contributed by atoms with Crippen LogP contribution in [0, 0.1) is 19.3 Å². The summed E-state index contributed by atoms with van der Waals surface area (Å²) in [5.41, 5.74) is 12.3. The molecule has 1 atom stereocenters. The van der Waals surface area contributed by atoms with Crippen LogP contribution in [-0.4, -0.2) is 12.7 Å². The molecule has 1 aliphatic carbocycles. The van der Waals surface area contributed by atoms with Crippen molar-refractivity contribution in [3.8, 4) is 16.9 Å². The number of fused-ring (bicyclic) bond motifs is 1. The van der Waals surface area contributed by atoms with Crippen LogP contribution in [-0.2, 0) is 11.2 Å². The van der Waals surface area contributed by atoms with Gasteiger partial charge in [-0.3, -0.25) is 0 Å². The summed E-state index contributed by atoms with van der Waals surface area (Å²) in [4.78, 5) is 11.5. The van der Waals surface area contributed by atoms with Crippen LogP contribution in [0.3, 0.4) is 0 Å². The summed E-state index contributed by atoms with van der Waals surface area (Å²) in [6.45, 7) is 11.2. The Bertz CT molecular complexity index is 860. The van der Waals surface area contributed by atoms with Gasteiger partial charge in [-0.2, -0.15) is 0 Å². The predicted octanol–water partition coefficient (Wildman–Crippen LogP) is 5.87. The van der Waals surface area contributed by atoms with Gasteiger partial charge < -0.3 is 15.2 Å². The van der Waals surface area contributed by atoms with Crippen molar-refractivity contribution in [2.45, 2.75) is 60.0 Å². The molecule has 0 heterocycles. The lowest BCUT2D eigenvalue weighted by atomic mass is 9.77. The van der Waals surface area contributed by atoms with Crippen molar-refractivity contribution in [2.24, 2.45) is 11.1 Å². The third-order valence-corrected chi connectivity index (χ3v) is 6.25. The quantitative estimate of drug-likeness (QED) is 0.681. The number of carbonyl (C=O) groups excluding carboxylic acids is 1. The third-order valence-electron chi connectivity index (χ3n) is 6.25. The van der Waals surface area contributed by atoms with Gasteiger partial charge in [0.1, 0.15) is 11.9 Å². The fraction of sp³-hybridized carbons (Fsp3) is 0.458. The van der Waals surface area contributed by atoms with Crippen LogP contribution in [0.4, 0.5) is 4.79 Å². The molecule has 3 rings (SSSR count). The van der Waals surface area contributed by atoms with Gasteiger partial charge in [0.05, 0.1) is 6.61 Å². The summed E-state index contributed by atoms with van der Waals surface area (Å²) >= 11 is 0. The zero-order valence-corrected chi connectivity index (χ0v) is 17.6. The van der Waals surface area contributed by atoms with Gasteiger partial charge in [-0.05, 0) is 85.5 Å². The number of ether oxygens (including phenoxy) is 2. The lowest BCUT2D eigenvalue weighted by molar-refractivity contribution is 0.0140. The maximum Gasteiger partial charge on any atom is 0.405 e. The number of nitrogens with two attached hydrogens (primary N) is 1. The number of hydrogen-bond donors (Lipinski definition) is 1. The summed E-state index contributed by atoms with van der Waals surface area (Å²) < 4.78 is 11.4. The molecular formula is C24H31NO3. The van der Waals surface area contributed by atoms with E-state index >= 15 is 0 Å². The highest BCUT2D eigenvalue weighted by Crippen LogP contribution is 2.52. The molecule has 2 N–H and O–H groups in total. The summed E-state index contributed by atoms with van der Waals surface area (Å²) in [5, 5.41) is 0. The Morgan fingerprint density at radius 3 is 2.25 bits per heavy atom. The average Bonchev–Trinajstić information content (AvgIpc) is 2.97. The molecule has 0 aliphatic heterocycles. The van der Waals surface area contributed by atoms with Crippen molar-refractivity contribution in [1.29, 1.82) is 0 Å². The van der Waals surface area contributed by atoms with Crippen molar-refractivity contribution in [2.75, 3.05) is 6.61 Å². The molecule has 1 unspecified atom stereocenters. The van der Waals surface area contributed by atoms with Gasteiger partial charge in [0.2, 0.25) is 0 Å². The number of aryl methyl sites for hydroxylation is 2. The van der Waals surface area contributed by atoms with Crippen LogP contribution in [0.1, 0.15) is 62.0 Å².